The normalized spacial score (nSPS) is 11.1. The van der Waals surface area contributed by atoms with E-state index < -0.39 is 0 Å². The van der Waals surface area contributed by atoms with Crippen LogP contribution in [0.1, 0.15) is 19.4 Å². The zero-order valence-electron chi connectivity index (χ0n) is 16.7. The van der Waals surface area contributed by atoms with E-state index in [9.17, 15) is 0 Å². The van der Waals surface area contributed by atoms with Crippen molar-refractivity contribution < 1.29 is 14.2 Å². The van der Waals surface area contributed by atoms with Crippen molar-refractivity contribution in [1.29, 1.82) is 0 Å². The summed E-state index contributed by atoms with van der Waals surface area (Å²) in [4.78, 5) is 8.88. The van der Waals surface area contributed by atoms with Gasteiger partial charge in [0.15, 0.2) is 5.96 Å². The zero-order valence-corrected chi connectivity index (χ0v) is 16.7. The Morgan fingerprint density at radius 2 is 1.79 bits per heavy atom. The second kappa shape index (κ2) is 13.4. The van der Waals surface area contributed by atoms with Gasteiger partial charge in [-0.2, -0.15) is 0 Å². The standard InChI is InChI=1S/C21H30N4O3/c1-3-22-21(23-12-13-26-4-2)25-17-18-10-11-20(24-16-18)28-15-14-27-19-8-6-5-7-9-19/h5-11,16H,3-4,12-15,17H2,1-2H3,(H2,22,23,25). The Bertz CT molecular complexity index is 678. The molecule has 0 spiro atoms. The first-order valence-electron chi connectivity index (χ1n) is 9.67. The van der Waals surface area contributed by atoms with Crippen LogP contribution >= 0.6 is 0 Å². The zero-order chi connectivity index (χ0) is 19.9. The first-order valence-corrected chi connectivity index (χ1v) is 9.67. The summed E-state index contributed by atoms with van der Waals surface area (Å²) in [6.45, 7) is 8.35. The fourth-order valence-electron chi connectivity index (χ4n) is 2.31. The van der Waals surface area contributed by atoms with Crippen LogP contribution in [0.3, 0.4) is 0 Å². The van der Waals surface area contributed by atoms with Gasteiger partial charge >= 0.3 is 0 Å². The van der Waals surface area contributed by atoms with Crippen LogP contribution in [0.2, 0.25) is 0 Å². The molecule has 0 atom stereocenters. The SMILES string of the molecule is CCNC(=NCc1ccc(OCCOc2ccccc2)nc1)NCCOCC. The van der Waals surface area contributed by atoms with Crippen molar-refractivity contribution in [2.24, 2.45) is 4.99 Å². The molecule has 0 bridgehead atoms. The molecule has 0 aliphatic carbocycles. The van der Waals surface area contributed by atoms with Gasteiger partial charge in [-0.3, -0.25) is 0 Å². The van der Waals surface area contributed by atoms with E-state index in [0.717, 1.165) is 30.4 Å². The molecule has 1 aromatic carbocycles. The molecule has 2 aromatic rings. The topological polar surface area (TPSA) is 77.0 Å². The Morgan fingerprint density at radius 3 is 2.50 bits per heavy atom. The van der Waals surface area contributed by atoms with Crippen LogP contribution in [0.25, 0.3) is 0 Å². The third-order valence-electron chi connectivity index (χ3n) is 3.65. The Morgan fingerprint density at radius 1 is 0.964 bits per heavy atom. The van der Waals surface area contributed by atoms with Crippen LogP contribution in [0.4, 0.5) is 0 Å². The molecule has 0 radical (unpaired) electrons. The number of hydrogen-bond acceptors (Lipinski definition) is 5. The third kappa shape index (κ3) is 8.73. The van der Waals surface area contributed by atoms with Crippen molar-refractivity contribution in [1.82, 2.24) is 15.6 Å². The average molecular weight is 386 g/mol. The molecule has 0 saturated heterocycles. The quantitative estimate of drug-likeness (QED) is 0.332. The van der Waals surface area contributed by atoms with Crippen molar-refractivity contribution in [2.45, 2.75) is 20.4 Å². The number of ether oxygens (including phenoxy) is 3. The van der Waals surface area contributed by atoms with Crippen LogP contribution in [0.5, 0.6) is 11.6 Å². The third-order valence-corrected chi connectivity index (χ3v) is 3.65. The summed E-state index contributed by atoms with van der Waals surface area (Å²) >= 11 is 0. The second-order valence-corrected chi connectivity index (χ2v) is 5.83. The van der Waals surface area contributed by atoms with Crippen LogP contribution in [0, 0.1) is 0 Å². The number of hydrogen-bond donors (Lipinski definition) is 2. The summed E-state index contributed by atoms with van der Waals surface area (Å²) in [5.74, 6) is 2.17. The fraction of sp³-hybridized carbons (Fsp3) is 0.429. The minimum Gasteiger partial charge on any atom is -0.490 e. The lowest BCUT2D eigenvalue weighted by atomic mass is 10.3. The monoisotopic (exact) mass is 386 g/mol. The predicted octanol–water partition coefficient (Wildman–Crippen LogP) is 2.63. The van der Waals surface area contributed by atoms with E-state index in [-0.39, 0.29) is 0 Å². The fourth-order valence-corrected chi connectivity index (χ4v) is 2.31. The highest BCUT2D eigenvalue weighted by Crippen LogP contribution is 2.10. The summed E-state index contributed by atoms with van der Waals surface area (Å²) < 4.78 is 16.5. The first kappa shape index (κ1) is 21.5. The lowest BCUT2D eigenvalue weighted by Gasteiger charge is -2.11. The molecule has 1 aromatic heterocycles. The molecule has 2 N–H and O–H groups in total. The molecule has 152 valence electrons. The van der Waals surface area contributed by atoms with Gasteiger partial charge in [-0.15, -0.1) is 0 Å². The highest BCUT2D eigenvalue weighted by molar-refractivity contribution is 5.79. The van der Waals surface area contributed by atoms with Gasteiger partial charge in [-0.1, -0.05) is 24.3 Å². The summed E-state index contributed by atoms with van der Waals surface area (Å²) in [7, 11) is 0. The van der Waals surface area contributed by atoms with E-state index in [2.05, 4.69) is 20.6 Å². The minimum atomic E-state index is 0.438. The van der Waals surface area contributed by atoms with Gasteiger partial charge in [0.1, 0.15) is 19.0 Å². The van der Waals surface area contributed by atoms with Crippen LogP contribution in [0.15, 0.2) is 53.7 Å². The number of aromatic nitrogens is 1. The van der Waals surface area contributed by atoms with Gasteiger partial charge in [0.05, 0.1) is 13.2 Å². The molecule has 7 heteroatoms. The molecule has 1 heterocycles. The highest BCUT2D eigenvalue weighted by atomic mass is 16.5. The van der Waals surface area contributed by atoms with Crippen molar-refractivity contribution in [2.75, 3.05) is 39.5 Å². The Balaban J connectivity index is 1.72. The molecule has 0 saturated carbocycles. The van der Waals surface area contributed by atoms with E-state index in [1.54, 1.807) is 6.20 Å². The largest absolute Gasteiger partial charge is 0.490 e. The predicted molar refractivity (Wildman–Crippen MR) is 111 cm³/mol. The van der Waals surface area contributed by atoms with Crippen molar-refractivity contribution >= 4 is 5.96 Å². The molecule has 2 rings (SSSR count). The lowest BCUT2D eigenvalue weighted by molar-refractivity contribution is 0.152. The van der Waals surface area contributed by atoms with Gasteiger partial charge in [-0.25, -0.2) is 9.98 Å². The van der Waals surface area contributed by atoms with E-state index in [0.29, 0.717) is 38.9 Å². The summed E-state index contributed by atoms with van der Waals surface area (Å²) in [6.07, 6.45) is 1.78. The smallest absolute Gasteiger partial charge is 0.213 e. The van der Waals surface area contributed by atoms with Gasteiger partial charge < -0.3 is 24.8 Å². The van der Waals surface area contributed by atoms with Crippen LogP contribution in [-0.2, 0) is 11.3 Å². The summed E-state index contributed by atoms with van der Waals surface area (Å²) in [6, 6.07) is 13.5. The Kier molecular flexibility index (Phi) is 10.3. The van der Waals surface area contributed by atoms with Gasteiger partial charge in [0, 0.05) is 32.0 Å². The number of pyridine rings is 1. The number of nitrogens with zero attached hydrogens (tertiary/aromatic N) is 2. The minimum absolute atomic E-state index is 0.438. The van der Waals surface area contributed by atoms with Crippen molar-refractivity contribution in [3.8, 4) is 11.6 Å². The van der Waals surface area contributed by atoms with E-state index in [1.165, 1.54) is 0 Å². The molecule has 28 heavy (non-hydrogen) atoms. The molecule has 7 nitrogen and oxygen atoms in total. The average Bonchev–Trinajstić information content (AvgIpc) is 2.74. The van der Waals surface area contributed by atoms with Crippen LogP contribution < -0.4 is 20.1 Å². The lowest BCUT2D eigenvalue weighted by Crippen LogP contribution is -2.39. The highest BCUT2D eigenvalue weighted by Gasteiger charge is 2.00. The van der Waals surface area contributed by atoms with Crippen molar-refractivity contribution in [3.05, 3.63) is 54.2 Å². The number of aliphatic imine (C=N–C) groups is 1. The van der Waals surface area contributed by atoms with E-state index in [1.807, 2.05) is 56.3 Å². The number of para-hydroxylation sites is 1. The van der Waals surface area contributed by atoms with E-state index in [4.69, 9.17) is 14.2 Å². The maximum Gasteiger partial charge on any atom is 0.213 e. The maximum atomic E-state index is 5.61. The van der Waals surface area contributed by atoms with Crippen molar-refractivity contribution in [3.63, 3.8) is 0 Å². The Labute approximate surface area is 167 Å². The molecular formula is C21H30N4O3. The number of benzene rings is 1. The molecule has 0 aliphatic heterocycles. The molecular weight excluding hydrogens is 356 g/mol. The number of guanidine groups is 1. The molecule has 0 amide bonds. The molecule has 0 unspecified atom stereocenters. The van der Waals surface area contributed by atoms with Crippen LogP contribution in [-0.4, -0.2) is 50.5 Å². The maximum absolute atomic E-state index is 5.61. The molecule has 0 fully saturated rings. The summed E-state index contributed by atoms with van der Waals surface area (Å²) in [5.41, 5.74) is 1.01. The number of rotatable bonds is 12. The molecule has 0 aliphatic rings. The van der Waals surface area contributed by atoms with Gasteiger partial charge in [-0.05, 0) is 31.5 Å². The van der Waals surface area contributed by atoms with Gasteiger partial charge in [0.25, 0.3) is 0 Å². The summed E-state index contributed by atoms with van der Waals surface area (Å²) in [5, 5.41) is 6.45. The van der Waals surface area contributed by atoms with Gasteiger partial charge in [0.2, 0.25) is 5.88 Å². The first-order chi connectivity index (χ1) is 13.8. The van der Waals surface area contributed by atoms with E-state index >= 15 is 0 Å². The second-order valence-electron chi connectivity index (χ2n) is 5.83. The number of nitrogens with one attached hydrogen (secondary N) is 2. The Hall–Kier alpha value is -2.80.